The van der Waals surface area contributed by atoms with E-state index in [9.17, 15) is 0 Å². The van der Waals surface area contributed by atoms with Gasteiger partial charge in [0.25, 0.3) is 0 Å². The van der Waals surface area contributed by atoms with Crippen LogP contribution in [-0.4, -0.2) is 11.4 Å². The van der Waals surface area contributed by atoms with Gasteiger partial charge in [0.2, 0.25) is 0 Å². The van der Waals surface area contributed by atoms with Crippen molar-refractivity contribution in [2.45, 2.75) is 0 Å². The molecule has 4 aromatic heterocycles. The van der Waals surface area contributed by atoms with Gasteiger partial charge in [0.15, 0.2) is 0 Å². The number of fused-ring (bicyclic) bond motifs is 2. The van der Waals surface area contributed by atoms with Crippen molar-refractivity contribution in [3.05, 3.63) is 213 Å². The molecule has 10 rings (SSSR count). The van der Waals surface area contributed by atoms with E-state index in [-0.39, 0.29) is 17.1 Å². The quantitative estimate of drug-likeness (QED) is 0.143. The Morgan fingerprint density at radius 3 is 1.21 bits per heavy atom. The zero-order chi connectivity index (χ0) is 37.5. The van der Waals surface area contributed by atoms with Gasteiger partial charge in [0.05, 0.1) is 22.8 Å². The van der Waals surface area contributed by atoms with Gasteiger partial charge >= 0.3 is 0 Å². The zero-order valence-corrected chi connectivity index (χ0v) is 33.1. The molecule has 4 nitrogen and oxygen atoms in total. The Hall–Kier alpha value is -6.34. The first kappa shape index (κ1) is 37.6. The predicted molar refractivity (Wildman–Crippen MR) is 241 cm³/mol. The molecule has 0 fully saturated rings. The van der Waals surface area contributed by atoms with Crippen LogP contribution in [0.25, 0.3) is 68.4 Å². The fourth-order valence-corrected chi connectivity index (χ4v) is 7.92. The van der Waals surface area contributed by atoms with Crippen LogP contribution in [0.3, 0.4) is 0 Å². The molecule has 2 aliphatic heterocycles. The number of hydrogen-bond donors (Lipinski definition) is 0. The van der Waals surface area contributed by atoms with Crippen molar-refractivity contribution in [1.29, 1.82) is 0 Å². The number of allylic oxidation sites excluding steroid dienone is 6. The van der Waals surface area contributed by atoms with Crippen molar-refractivity contribution in [3.63, 3.8) is 0 Å². The summed E-state index contributed by atoms with van der Waals surface area (Å²) in [6.07, 6.45) is 20.6. The molecular weight excluding hydrogens is 784 g/mol. The van der Waals surface area contributed by atoms with Crippen LogP contribution in [0, 0.1) is 0 Å². The summed E-state index contributed by atoms with van der Waals surface area (Å²) in [6, 6.07) is 45.7. The Bertz CT molecular complexity index is 2680. The number of thiophene rings is 2. The van der Waals surface area contributed by atoms with Crippen LogP contribution in [0.2, 0.25) is 0 Å². The first-order valence-electron chi connectivity index (χ1n) is 18.4. The SMILES string of the molecule is C1=C/C(=C/c2[n-]c(-c3ccccc3)c3ccccc23)N=C1/C=C/c1cccs1.C1=C/C(=C/c2[n-]c(-c3ccccc3)c3ccccc23)N=C1/C=C/c1cccs1.[Cu]. The van der Waals surface area contributed by atoms with Crippen LogP contribution in [0.15, 0.2) is 202 Å². The Labute approximate surface area is 350 Å². The first-order chi connectivity index (χ1) is 27.7. The molecule has 0 saturated heterocycles. The molecule has 279 valence electrons. The van der Waals surface area contributed by atoms with E-state index >= 15 is 0 Å². The van der Waals surface area contributed by atoms with Crippen LogP contribution in [0.1, 0.15) is 21.1 Å². The summed E-state index contributed by atoms with van der Waals surface area (Å²) in [7, 11) is 0. The molecule has 8 aromatic rings. The Balaban J connectivity index is 0.000000157. The number of hydrogen-bond acceptors (Lipinski definition) is 4. The molecule has 0 spiro atoms. The van der Waals surface area contributed by atoms with Crippen molar-refractivity contribution in [2.75, 3.05) is 0 Å². The maximum Gasteiger partial charge on any atom is 0.0638 e. The summed E-state index contributed by atoms with van der Waals surface area (Å²) in [5.74, 6) is 0. The van der Waals surface area contributed by atoms with Gasteiger partial charge in [0.1, 0.15) is 0 Å². The van der Waals surface area contributed by atoms with E-state index in [4.69, 9.17) is 20.0 Å². The molecule has 0 amide bonds. The largest absolute Gasteiger partial charge is 0.656 e. The minimum atomic E-state index is 0. The Morgan fingerprint density at radius 1 is 0.404 bits per heavy atom. The minimum absolute atomic E-state index is 0. The minimum Gasteiger partial charge on any atom is -0.656 e. The number of aliphatic imine (C=N–C) groups is 2. The second-order valence-electron chi connectivity index (χ2n) is 13.1. The van der Waals surface area contributed by atoms with Crippen molar-refractivity contribution in [2.24, 2.45) is 9.98 Å². The van der Waals surface area contributed by atoms with Crippen LogP contribution >= 0.6 is 22.7 Å². The zero-order valence-electron chi connectivity index (χ0n) is 30.5. The molecule has 2 aliphatic rings. The maximum absolute atomic E-state index is 4.94. The van der Waals surface area contributed by atoms with E-state index in [0.29, 0.717) is 0 Å². The van der Waals surface area contributed by atoms with Gasteiger partial charge in [-0.25, -0.2) is 9.98 Å². The molecule has 6 heterocycles. The van der Waals surface area contributed by atoms with Gasteiger partial charge in [0, 0.05) is 26.8 Å². The number of benzene rings is 4. The van der Waals surface area contributed by atoms with Crippen LogP contribution < -0.4 is 9.97 Å². The van der Waals surface area contributed by atoms with E-state index in [1.54, 1.807) is 22.7 Å². The normalized spacial score (nSPS) is 14.9. The van der Waals surface area contributed by atoms with Gasteiger partial charge in [-0.2, -0.15) is 0 Å². The van der Waals surface area contributed by atoms with E-state index in [2.05, 4.69) is 144 Å². The molecule has 0 N–H and O–H groups in total. The number of aromatic nitrogens is 2. The summed E-state index contributed by atoms with van der Waals surface area (Å²) in [5.41, 5.74) is 9.99. The third kappa shape index (κ3) is 8.73. The number of rotatable bonds is 8. The van der Waals surface area contributed by atoms with Gasteiger partial charge in [-0.1, -0.05) is 133 Å². The second-order valence-corrected chi connectivity index (χ2v) is 15.0. The van der Waals surface area contributed by atoms with Crippen molar-refractivity contribution >= 4 is 79.9 Å². The standard InChI is InChI=1S/2C25H17N2S.Cu/c2*1-2-7-18(8-3-1)25-23-11-5-4-10-22(23)24(27-25)17-20-13-12-19(26-20)14-15-21-9-6-16-28-21;/h2*1-17H;/q2*-1;/b2*15-14+,20-17-;. The summed E-state index contributed by atoms with van der Waals surface area (Å²) < 4.78 is 0. The average molecular weight is 819 g/mol. The molecular formula is C50H34CuN4S2-2. The molecule has 4 aromatic carbocycles. The van der Waals surface area contributed by atoms with Gasteiger partial charge in [-0.3, -0.25) is 0 Å². The first-order valence-corrected chi connectivity index (χ1v) is 20.1. The monoisotopic (exact) mass is 817 g/mol. The molecule has 0 bridgehead atoms. The van der Waals surface area contributed by atoms with Crippen LogP contribution in [0.4, 0.5) is 0 Å². The topological polar surface area (TPSA) is 52.9 Å². The van der Waals surface area contributed by atoms with E-state index < -0.39 is 0 Å². The molecule has 0 aliphatic carbocycles. The summed E-state index contributed by atoms with van der Waals surface area (Å²) >= 11 is 3.44. The van der Waals surface area contributed by atoms with Crippen molar-refractivity contribution in [3.8, 4) is 22.5 Å². The van der Waals surface area contributed by atoms with E-state index in [1.165, 1.54) is 20.5 Å². The van der Waals surface area contributed by atoms with Gasteiger partial charge in [-0.05, 0) is 104 Å². The molecule has 0 atom stereocenters. The molecule has 0 saturated carbocycles. The van der Waals surface area contributed by atoms with E-state index in [0.717, 1.165) is 67.5 Å². The van der Waals surface area contributed by atoms with E-state index in [1.807, 2.05) is 60.7 Å². The van der Waals surface area contributed by atoms with Crippen LogP contribution in [-0.2, 0) is 17.1 Å². The van der Waals surface area contributed by atoms with Crippen LogP contribution in [0.5, 0.6) is 0 Å². The molecule has 7 heteroatoms. The van der Waals surface area contributed by atoms with Gasteiger partial charge in [-0.15, -0.1) is 45.4 Å². The fourth-order valence-electron chi connectivity index (χ4n) is 6.68. The fraction of sp³-hybridized carbons (Fsp3) is 0. The number of nitrogens with zero attached hydrogens (tertiary/aromatic N) is 4. The average Bonchev–Trinajstić information content (AvgIpc) is 4.12. The predicted octanol–water partition coefficient (Wildman–Crippen LogP) is 13.2. The molecule has 57 heavy (non-hydrogen) atoms. The summed E-state index contributed by atoms with van der Waals surface area (Å²) in [6.45, 7) is 0. The van der Waals surface area contributed by atoms with Gasteiger partial charge < -0.3 is 9.97 Å². The maximum atomic E-state index is 4.94. The third-order valence-electron chi connectivity index (χ3n) is 9.33. The van der Waals surface area contributed by atoms with Crippen molar-refractivity contribution < 1.29 is 17.1 Å². The second kappa shape index (κ2) is 17.6. The van der Waals surface area contributed by atoms with Crippen molar-refractivity contribution in [1.82, 2.24) is 9.97 Å². The smallest absolute Gasteiger partial charge is 0.0638 e. The summed E-state index contributed by atoms with van der Waals surface area (Å²) in [5, 5.41) is 8.80. The third-order valence-corrected chi connectivity index (χ3v) is 11.0. The molecule has 1 radical (unpaired) electrons. The molecule has 0 unspecified atom stereocenters. The summed E-state index contributed by atoms with van der Waals surface area (Å²) in [4.78, 5) is 21.8. The Kier molecular flexibility index (Phi) is 11.6. The Morgan fingerprint density at radius 2 is 0.807 bits per heavy atom.